The van der Waals surface area contributed by atoms with Gasteiger partial charge in [0.2, 0.25) is 24.8 Å². The first-order chi connectivity index (χ1) is 44.9. The molecular weight excluding hydrogens is 1430 g/mol. The summed E-state index contributed by atoms with van der Waals surface area (Å²) in [7, 11) is 0. The first-order valence-corrected chi connectivity index (χ1v) is 30.5. The topological polar surface area (TPSA) is 442 Å². The maximum absolute atomic E-state index is 13.2. The SMILES string of the molecule is CC(=O)OC[C@H]1O[C@@H](O[C@H]2[C@H](OC(C)=O)[C@@H](OC(C)=O)[C@H](Oc3cc(Br)c(O[C@@H]4O[C@H](COC(C)=O)[C@@H](O[C@@H]5O[C@H](COC(C)=O)[C@@H](OC(C)=O)[C@H](OC(C)=O)[C@H]5OC(C)=O)[C@H](OC(C)=O)[C@H]4OC(C)=O)cc3Br)O[C@@H]2COC(C)=O)[C@H](OC(C)=O)[C@@H](OC(C)=O)[C@@H]1OC(C)=O. The second kappa shape index (κ2) is 35.9. The Balaban J connectivity index is 1.60. The van der Waals surface area contributed by atoms with Gasteiger partial charge in [-0.25, -0.2) is 0 Å². The minimum atomic E-state index is -2.00. The fraction of sp³-hybridized carbons (Fsp3) is 0.655. The Morgan fingerprint density at radius 1 is 0.271 bits per heavy atom. The lowest BCUT2D eigenvalue weighted by Gasteiger charge is -2.48. The summed E-state index contributed by atoms with van der Waals surface area (Å²) < 4.78 is 128. The van der Waals surface area contributed by atoms with E-state index < -0.39 is 233 Å². The zero-order valence-electron chi connectivity index (χ0n) is 54.0. The van der Waals surface area contributed by atoms with Gasteiger partial charge in [0.15, 0.2) is 61.4 Å². The zero-order valence-corrected chi connectivity index (χ0v) is 57.2. The number of halogens is 2. The van der Waals surface area contributed by atoms with E-state index in [0.29, 0.717) is 0 Å². The summed E-state index contributed by atoms with van der Waals surface area (Å²) in [4.78, 5) is 178. The quantitative estimate of drug-likeness (QED) is 0.0929. The first kappa shape index (κ1) is 78.8. The number of carbonyl (C=O) groups excluding carboxylic acids is 14. The Bertz CT molecular complexity index is 2850. The molecular formula is C58H72Br2O36. The van der Waals surface area contributed by atoms with Crippen molar-refractivity contribution >= 4 is 115 Å². The monoisotopic (exact) mass is 1500 g/mol. The van der Waals surface area contributed by atoms with Crippen LogP contribution in [-0.2, 0) is 162 Å². The van der Waals surface area contributed by atoms with Gasteiger partial charge in [-0.05, 0) is 44.0 Å². The standard InChI is InChI=1S/C58H72Br2O36/c1-21(61)75-17-39-43(79-25(5)65)47(81-27(7)67)53(87-33(13)73)57(93-39)95-45-41(19-77-23(3)63)91-55(51(85-31(11)71)49(45)83-29(9)69)89-37-15-36(60)38(16-35(37)59)90-56-52(86-32(12)72)50(84-30(10)70)46(42(92-56)20-78-24(4)64)96-58-54(88-34(14)74)48(82-28(8)68)44(80-26(6)66)40(94-58)18-76-22(2)62/h15-16,39-58H,17-20H2,1-14H3/t39-,40-,41-,42-,43-,44-,45-,46-,47+,48+,49+,50+,51-,52-,53-,54-,55-,56-,57+,58+/m1/s1. The van der Waals surface area contributed by atoms with Crippen molar-refractivity contribution in [2.75, 3.05) is 26.4 Å². The van der Waals surface area contributed by atoms with Gasteiger partial charge in [0.05, 0.1) is 8.95 Å². The van der Waals surface area contributed by atoms with Crippen LogP contribution < -0.4 is 9.47 Å². The molecule has 5 rings (SSSR count). The maximum Gasteiger partial charge on any atom is 0.303 e. The molecule has 1 aromatic rings. The summed E-state index contributed by atoms with van der Waals surface area (Å²) in [6.07, 6.45) is -36.2. The lowest BCUT2D eigenvalue weighted by atomic mass is 9.96. The average molecular weight is 1500 g/mol. The van der Waals surface area contributed by atoms with Gasteiger partial charge in [-0.3, -0.25) is 67.1 Å². The molecule has 0 amide bonds. The molecule has 4 aliphatic heterocycles. The van der Waals surface area contributed by atoms with Crippen LogP contribution in [-0.4, -0.2) is 233 Å². The van der Waals surface area contributed by atoms with Crippen LogP contribution in [0.3, 0.4) is 0 Å². The number of hydrogen-bond donors (Lipinski definition) is 0. The molecule has 0 spiro atoms. The van der Waals surface area contributed by atoms with Crippen molar-refractivity contribution in [1.29, 1.82) is 0 Å². The summed E-state index contributed by atoms with van der Waals surface area (Å²) in [6, 6.07) is 2.46. The highest BCUT2D eigenvalue weighted by molar-refractivity contribution is 9.11. The molecule has 4 saturated heterocycles. The number of hydrogen-bond acceptors (Lipinski definition) is 36. The minimum Gasteiger partial charge on any atom is -0.463 e. The summed E-state index contributed by atoms with van der Waals surface area (Å²) >= 11 is 6.81. The van der Waals surface area contributed by atoms with E-state index in [1.807, 2.05) is 0 Å². The molecule has 38 heteroatoms. The highest BCUT2D eigenvalue weighted by atomic mass is 79.9. The van der Waals surface area contributed by atoms with Gasteiger partial charge in [-0.1, -0.05) is 0 Å². The molecule has 96 heavy (non-hydrogen) atoms. The fourth-order valence-corrected chi connectivity index (χ4v) is 10.9. The minimum absolute atomic E-state index is 0.0555. The second-order valence-electron chi connectivity index (χ2n) is 21.3. The van der Waals surface area contributed by atoms with Gasteiger partial charge in [0.25, 0.3) is 0 Å². The summed E-state index contributed by atoms with van der Waals surface area (Å²) in [5, 5.41) is 0. The first-order valence-electron chi connectivity index (χ1n) is 28.9. The van der Waals surface area contributed by atoms with Gasteiger partial charge in [0.1, 0.15) is 74.6 Å². The number of esters is 14. The molecule has 0 N–H and O–H groups in total. The van der Waals surface area contributed by atoms with Crippen molar-refractivity contribution in [2.45, 2.75) is 220 Å². The van der Waals surface area contributed by atoms with Crippen molar-refractivity contribution < 1.29 is 171 Å². The maximum atomic E-state index is 13.2. The predicted molar refractivity (Wildman–Crippen MR) is 310 cm³/mol. The highest BCUT2D eigenvalue weighted by Crippen LogP contribution is 2.43. The molecule has 20 atom stereocenters. The normalized spacial score (nSPS) is 29.9. The fourth-order valence-electron chi connectivity index (χ4n) is 10.1. The van der Waals surface area contributed by atoms with E-state index >= 15 is 0 Å². The van der Waals surface area contributed by atoms with E-state index in [0.717, 1.165) is 96.9 Å². The Kier molecular flexibility index (Phi) is 29.5. The van der Waals surface area contributed by atoms with Crippen LogP contribution in [0, 0.1) is 0 Å². The largest absolute Gasteiger partial charge is 0.463 e. The lowest BCUT2D eigenvalue weighted by Crippen LogP contribution is -2.67. The molecule has 0 radical (unpaired) electrons. The van der Waals surface area contributed by atoms with E-state index in [2.05, 4.69) is 31.9 Å². The Hall–Kier alpha value is -7.88. The van der Waals surface area contributed by atoms with Crippen LogP contribution in [0.4, 0.5) is 0 Å². The molecule has 1 aromatic carbocycles. The van der Waals surface area contributed by atoms with Crippen LogP contribution in [0.15, 0.2) is 21.1 Å². The number of carbonyl (C=O) groups is 14. The van der Waals surface area contributed by atoms with E-state index in [9.17, 15) is 67.1 Å². The van der Waals surface area contributed by atoms with Crippen molar-refractivity contribution in [3.05, 3.63) is 21.1 Å². The predicted octanol–water partition coefficient (Wildman–Crippen LogP) is 1.21. The van der Waals surface area contributed by atoms with Crippen molar-refractivity contribution in [2.24, 2.45) is 0 Å². The molecule has 0 saturated carbocycles. The molecule has 4 fully saturated rings. The summed E-state index contributed by atoms with van der Waals surface area (Å²) in [5.74, 6) is -14.0. The van der Waals surface area contributed by atoms with Gasteiger partial charge in [-0.15, -0.1) is 0 Å². The molecule has 4 heterocycles. The van der Waals surface area contributed by atoms with Crippen LogP contribution in [0.1, 0.15) is 96.9 Å². The third-order valence-corrected chi connectivity index (χ3v) is 14.5. The molecule has 4 aliphatic rings. The number of benzene rings is 1. The van der Waals surface area contributed by atoms with E-state index in [4.69, 9.17) is 104 Å². The van der Waals surface area contributed by atoms with Crippen LogP contribution in [0.5, 0.6) is 11.5 Å². The van der Waals surface area contributed by atoms with Crippen LogP contribution in [0.2, 0.25) is 0 Å². The average Bonchev–Trinajstić information content (AvgIpc) is 0.774. The van der Waals surface area contributed by atoms with Gasteiger partial charge >= 0.3 is 83.6 Å². The number of ether oxygens (including phenoxy) is 22. The second-order valence-corrected chi connectivity index (χ2v) is 23.0. The number of rotatable bonds is 26. The zero-order chi connectivity index (χ0) is 71.7. The third kappa shape index (κ3) is 23.2. The third-order valence-electron chi connectivity index (χ3n) is 13.2. The Labute approximate surface area is 563 Å². The van der Waals surface area contributed by atoms with E-state index in [1.54, 1.807) is 0 Å². The van der Waals surface area contributed by atoms with E-state index in [-0.39, 0.29) is 20.4 Å². The molecule has 0 bridgehead atoms. The smallest absolute Gasteiger partial charge is 0.303 e. The summed E-state index contributed by atoms with van der Waals surface area (Å²) in [6.45, 7) is 10.9. The van der Waals surface area contributed by atoms with Crippen molar-refractivity contribution in [1.82, 2.24) is 0 Å². The molecule has 36 nitrogen and oxygen atoms in total. The molecule has 0 aromatic heterocycles. The molecule has 534 valence electrons. The Morgan fingerprint density at radius 2 is 0.458 bits per heavy atom. The van der Waals surface area contributed by atoms with Crippen molar-refractivity contribution in [3.63, 3.8) is 0 Å². The summed E-state index contributed by atoms with van der Waals surface area (Å²) in [5.41, 5.74) is 0. The molecule has 0 unspecified atom stereocenters. The van der Waals surface area contributed by atoms with Crippen LogP contribution in [0.25, 0.3) is 0 Å². The van der Waals surface area contributed by atoms with Gasteiger partial charge < -0.3 is 104 Å². The Morgan fingerprint density at radius 3 is 0.688 bits per heavy atom. The highest BCUT2D eigenvalue weighted by Gasteiger charge is 2.60. The molecule has 0 aliphatic carbocycles. The lowest BCUT2D eigenvalue weighted by molar-refractivity contribution is -0.354. The van der Waals surface area contributed by atoms with Crippen molar-refractivity contribution in [3.8, 4) is 11.5 Å². The van der Waals surface area contributed by atoms with Gasteiger partial charge in [0, 0.05) is 96.9 Å². The van der Waals surface area contributed by atoms with Crippen LogP contribution >= 0.6 is 31.9 Å². The van der Waals surface area contributed by atoms with Gasteiger partial charge in [-0.2, -0.15) is 0 Å². The van der Waals surface area contributed by atoms with E-state index in [1.165, 1.54) is 12.1 Å².